The Morgan fingerprint density at radius 1 is 0.591 bits per heavy atom. The Bertz CT molecular complexity index is 2030. The largest absolute Gasteiger partial charge is 0.193 e. The highest BCUT2D eigenvalue weighted by Gasteiger charge is 2.10. The number of aryl methyl sites for hydroxylation is 3. The predicted molar refractivity (Wildman–Crippen MR) is 184 cm³/mol. The molecule has 44 heavy (non-hydrogen) atoms. The fourth-order valence-electron chi connectivity index (χ4n) is 4.29. The number of fused-ring (bicyclic) bond motifs is 2. The maximum absolute atomic E-state index is 8.82. The standard InChI is InChI=1S/C17H13N3S.C14H12N2S.C5H7N/c1-11(10-18)9-13-4-6-14(7-5-13)15-8-3-12(2)16-17(15)20-21-19-16;1-9-3-6-11(7-4-9)12-8-5-10(2)13-14(12)16-17-15-13;1-3-5(2)4-6/h3-9H,1-2H3;3-8H,1-2H3;3H,1-2H3/b11-9-;;5-3-. The summed E-state index contributed by atoms with van der Waals surface area (Å²) in [5.41, 5.74) is 14.6. The van der Waals surface area contributed by atoms with Gasteiger partial charge in [0.25, 0.3) is 0 Å². The maximum Gasteiger partial charge on any atom is 0.112 e. The molecule has 0 bridgehead atoms. The first-order valence-electron chi connectivity index (χ1n) is 14.0. The molecule has 0 spiro atoms. The SMILES string of the molecule is C/C(C#N)=C/c1ccc(-c2ccc(C)c3nsnc23)cc1.C/C=C(/C)C#N.Cc1ccc(-c2ccc(C)c3nsnc23)cc1. The van der Waals surface area contributed by atoms with Crippen molar-refractivity contribution in [3.63, 3.8) is 0 Å². The van der Waals surface area contributed by atoms with E-state index in [1.807, 2.05) is 38.1 Å². The number of nitrogens with zero attached hydrogens (tertiary/aromatic N) is 6. The fraction of sp³-hybridized carbons (Fsp3) is 0.167. The van der Waals surface area contributed by atoms with Crippen molar-refractivity contribution in [1.29, 1.82) is 10.5 Å². The van der Waals surface area contributed by atoms with Crippen molar-refractivity contribution < 1.29 is 0 Å². The molecule has 6 nitrogen and oxygen atoms in total. The molecule has 0 radical (unpaired) electrons. The summed E-state index contributed by atoms with van der Waals surface area (Å²) >= 11 is 2.52. The van der Waals surface area contributed by atoms with Crippen molar-refractivity contribution in [2.24, 2.45) is 0 Å². The summed E-state index contributed by atoms with van der Waals surface area (Å²) in [7, 11) is 0. The lowest BCUT2D eigenvalue weighted by Crippen LogP contribution is -1.84. The Morgan fingerprint density at radius 3 is 1.43 bits per heavy atom. The molecule has 6 rings (SSSR count). The Labute approximate surface area is 266 Å². The Morgan fingerprint density at radius 2 is 1.02 bits per heavy atom. The van der Waals surface area contributed by atoms with Gasteiger partial charge in [-0.3, -0.25) is 0 Å². The number of nitriles is 2. The van der Waals surface area contributed by atoms with Gasteiger partial charge < -0.3 is 0 Å². The van der Waals surface area contributed by atoms with Crippen LogP contribution in [-0.2, 0) is 0 Å². The number of rotatable bonds is 3. The topological polar surface area (TPSA) is 99.1 Å². The minimum absolute atomic E-state index is 0.698. The van der Waals surface area contributed by atoms with Gasteiger partial charge in [-0.1, -0.05) is 84.4 Å². The van der Waals surface area contributed by atoms with E-state index in [4.69, 9.17) is 10.5 Å². The van der Waals surface area contributed by atoms with Crippen LogP contribution in [0.3, 0.4) is 0 Å². The van der Waals surface area contributed by atoms with E-state index in [0.29, 0.717) is 5.57 Å². The van der Waals surface area contributed by atoms with Crippen molar-refractivity contribution in [3.05, 3.63) is 112 Å². The third-order valence-corrected chi connectivity index (χ3v) is 8.04. The van der Waals surface area contributed by atoms with Crippen LogP contribution in [0.2, 0.25) is 0 Å². The van der Waals surface area contributed by atoms with Crippen molar-refractivity contribution >= 4 is 51.6 Å². The average molecular weight is 613 g/mol. The molecule has 8 heteroatoms. The third-order valence-electron chi connectivity index (χ3n) is 6.99. The summed E-state index contributed by atoms with van der Waals surface area (Å²) in [6, 6.07) is 29.2. The third kappa shape index (κ3) is 7.67. The maximum atomic E-state index is 8.82. The van der Waals surface area contributed by atoms with Crippen LogP contribution in [0.1, 0.15) is 43.0 Å². The minimum atomic E-state index is 0.698. The van der Waals surface area contributed by atoms with E-state index in [0.717, 1.165) is 49.9 Å². The van der Waals surface area contributed by atoms with Crippen molar-refractivity contribution in [2.75, 3.05) is 0 Å². The van der Waals surface area contributed by atoms with Gasteiger partial charge in [0.15, 0.2) is 0 Å². The number of allylic oxidation sites excluding steroid dienone is 3. The zero-order chi connectivity index (χ0) is 31.6. The van der Waals surface area contributed by atoms with Gasteiger partial charge in [-0.05, 0) is 75.4 Å². The quantitative estimate of drug-likeness (QED) is 0.184. The van der Waals surface area contributed by atoms with Gasteiger partial charge in [0.2, 0.25) is 0 Å². The van der Waals surface area contributed by atoms with E-state index >= 15 is 0 Å². The van der Waals surface area contributed by atoms with E-state index in [1.165, 1.54) is 45.7 Å². The Balaban J connectivity index is 0.000000173. The second-order valence-corrected chi connectivity index (χ2v) is 11.4. The molecule has 0 aliphatic heterocycles. The first kappa shape index (κ1) is 31.9. The summed E-state index contributed by atoms with van der Waals surface area (Å²) in [4.78, 5) is 0. The summed E-state index contributed by atoms with van der Waals surface area (Å²) in [6.45, 7) is 11.6. The monoisotopic (exact) mass is 612 g/mol. The van der Waals surface area contributed by atoms with Gasteiger partial charge >= 0.3 is 0 Å². The number of hydrogen-bond acceptors (Lipinski definition) is 8. The smallest absolute Gasteiger partial charge is 0.112 e. The molecule has 0 fully saturated rings. The fourth-order valence-corrected chi connectivity index (χ4v) is 5.52. The highest BCUT2D eigenvalue weighted by molar-refractivity contribution is 7.00. The van der Waals surface area contributed by atoms with Gasteiger partial charge in [-0.15, -0.1) is 0 Å². The molecule has 0 saturated heterocycles. The first-order valence-corrected chi connectivity index (χ1v) is 15.4. The molecule has 6 aromatic rings. The summed E-state index contributed by atoms with van der Waals surface area (Å²) in [5.74, 6) is 0. The molecule has 2 aromatic heterocycles. The minimum Gasteiger partial charge on any atom is -0.193 e. The number of hydrogen-bond donors (Lipinski definition) is 0. The second kappa shape index (κ2) is 14.9. The van der Waals surface area contributed by atoms with Crippen LogP contribution in [0.4, 0.5) is 0 Å². The molecule has 0 aliphatic carbocycles. The molecule has 0 amide bonds. The van der Waals surface area contributed by atoms with Crippen LogP contribution in [0.15, 0.2) is 90.0 Å². The van der Waals surface area contributed by atoms with E-state index in [2.05, 4.69) is 98.1 Å². The van der Waals surface area contributed by atoms with Crippen molar-refractivity contribution in [3.8, 4) is 34.4 Å². The number of benzene rings is 4. The van der Waals surface area contributed by atoms with Gasteiger partial charge in [-0.2, -0.15) is 28.0 Å². The predicted octanol–water partition coefficient (Wildman–Crippen LogP) is 10.0. The lowest BCUT2D eigenvalue weighted by atomic mass is 10.0. The van der Waals surface area contributed by atoms with E-state index in [-0.39, 0.29) is 0 Å². The molecule has 0 N–H and O–H groups in total. The van der Waals surface area contributed by atoms with Crippen LogP contribution < -0.4 is 0 Å². The molecular formula is C36H32N6S2. The van der Waals surface area contributed by atoms with Gasteiger partial charge in [0.05, 0.1) is 35.6 Å². The highest BCUT2D eigenvalue weighted by atomic mass is 32.1. The molecule has 0 aliphatic rings. The molecule has 4 aromatic carbocycles. The molecule has 0 saturated carbocycles. The lowest BCUT2D eigenvalue weighted by Gasteiger charge is -2.04. The van der Waals surface area contributed by atoms with Crippen LogP contribution in [0.25, 0.3) is 50.4 Å². The lowest BCUT2D eigenvalue weighted by molar-refractivity contribution is 1.42. The molecule has 0 unspecified atom stereocenters. The highest BCUT2D eigenvalue weighted by Crippen LogP contribution is 2.30. The number of aromatic nitrogens is 4. The van der Waals surface area contributed by atoms with E-state index in [9.17, 15) is 0 Å². The molecular weight excluding hydrogens is 581 g/mol. The zero-order valence-electron chi connectivity index (χ0n) is 25.6. The zero-order valence-corrected chi connectivity index (χ0v) is 27.2. The van der Waals surface area contributed by atoms with Crippen molar-refractivity contribution in [2.45, 2.75) is 41.5 Å². The van der Waals surface area contributed by atoms with Crippen LogP contribution in [-0.4, -0.2) is 17.5 Å². The average Bonchev–Trinajstić information content (AvgIpc) is 3.75. The summed E-state index contributed by atoms with van der Waals surface area (Å²) in [6.07, 6.45) is 3.65. The first-order chi connectivity index (χ1) is 21.2. The second-order valence-electron chi connectivity index (χ2n) is 10.3. The normalized spacial score (nSPS) is 11.2. The van der Waals surface area contributed by atoms with E-state index in [1.54, 1.807) is 19.9 Å². The summed E-state index contributed by atoms with van der Waals surface area (Å²) in [5, 5.41) is 16.8. The van der Waals surface area contributed by atoms with E-state index < -0.39 is 0 Å². The van der Waals surface area contributed by atoms with Crippen molar-refractivity contribution in [1.82, 2.24) is 17.5 Å². The molecule has 2 heterocycles. The molecule has 0 atom stereocenters. The molecule has 218 valence electrons. The van der Waals surface area contributed by atoms with Crippen LogP contribution in [0, 0.1) is 43.4 Å². The summed E-state index contributed by atoms with van der Waals surface area (Å²) < 4.78 is 17.5. The Kier molecular flexibility index (Phi) is 10.8. The van der Waals surface area contributed by atoms with Crippen LogP contribution in [0.5, 0.6) is 0 Å². The van der Waals surface area contributed by atoms with Gasteiger partial charge in [0.1, 0.15) is 22.1 Å². The Hall–Kier alpha value is -5.02. The van der Waals surface area contributed by atoms with Crippen LogP contribution >= 0.6 is 23.5 Å². The van der Waals surface area contributed by atoms with Gasteiger partial charge in [-0.25, -0.2) is 0 Å². The van der Waals surface area contributed by atoms with Gasteiger partial charge in [0, 0.05) is 22.3 Å².